The number of likely N-dealkylation sites (N-methyl/N-ethyl adjacent to an activating group) is 1. The Morgan fingerprint density at radius 2 is 2.41 bits per heavy atom. The van der Waals surface area contributed by atoms with Crippen molar-refractivity contribution in [1.82, 2.24) is 14.9 Å². The minimum absolute atomic E-state index is 0.188. The summed E-state index contributed by atoms with van der Waals surface area (Å²) < 4.78 is 24.9. The van der Waals surface area contributed by atoms with Crippen molar-refractivity contribution >= 4 is 9.84 Å². The second-order valence-corrected chi connectivity index (χ2v) is 6.95. The van der Waals surface area contributed by atoms with Gasteiger partial charge in [-0.1, -0.05) is 0 Å². The van der Waals surface area contributed by atoms with Gasteiger partial charge >= 0.3 is 0 Å². The van der Waals surface area contributed by atoms with E-state index in [0.717, 1.165) is 18.7 Å². The molecule has 1 aliphatic rings. The zero-order chi connectivity index (χ0) is 12.5. The average molecular weight is 257 g/mol. The maximum atomic E-state index is 11.5. The standard InChI is InChI=1S/C11H19N3O2S/c1-12-10(7-11-13-4-5-14(11)2)9-3-6-17(15,16)8-9/h4-5,9-10,12H,3,6-8H2,1-2H3. The van der Waals surface area contributed by atoms with Crippen molar-refractivity contribution in [2.75, 3.05) is 18.6 Å². The van der Waals surface area contributed by atoms with Crippen LogP contribution in [0.2, 0.25) is 0 Å². The fourth-order valence-electron chi connectivity index (χ4n) is 2.44. The van der Waals surface area contributed by atoms with Gasteiger partial charge in [-0.2, -0.15) is 0 Å². The molecule has 17 heavy (non-hydrogen) atoms. The van der Waals surface area contributed by atoms with E-state index < -0.39 is 9.84 Å². The quantitative estimate of drug-likeness (QED) is 0.824. The molecule has 0 radical (unpaired) electrons. The van der Waals surface area contributed by atoms with Gasteiger partial charge in [0, 0.05) is 31.9 Å². The second kappa shape index (κ2) is 4.78. The molecule has 6 heteroatoms. The van der Waals surface area contributed by atoms with Crippen LogP contribution >= 0.6 is 0 Å². The Balaban J connectivity index is 2.05. The fraction of sp³-hybridized carbons (Fsp3) is 0.727. The van der Waals surface area contributed by atoms with Crippen LogP contribution in [0, 0.1) is 5.92 Å². The summed E-state index contributed by atoms with van der Waals surface area (Å²) in [5.74, 6) is 1.84. The Labute approximate surface area is 102 Å². The predicted octanol–water partition coefficient (Wildman–Crippen LogP) is -0.0147. The molecular weight excluding hydrogens is 238 g/mol. The molecule has 0 aliphatic carbocycles. The largest absolute Gasteiger partial charge is 0.338 e. The highest BCUT2D eigenvalue weighted by atomic mass is 32.2. The molecule has 1 fully saturated rings. The Morgan fingerprint density at radius 3 is 2.88 bits per heavy atom. The Kier molecular flexibility index (Phi) is 3.53. The van der Waals surface area contributed by atoms with Gasteiger partial charge in [-0.05, 0) is 19.4 Å². The third-order valence-corrected chi connectivity index (χ3v) is 5.32. The van der Waals surface area contributed by atoms with Crippen molar-refractivity contribution in [3.63, 3.8) is 0 Å². The van der Waals surface area contributed by atoms with Crippen LogP contribution < -0.4 is 5.32 Å². The Hall–Kier alpha value is -0.880. The van der Waals surface area contributed by atoms with E-state index in [1.807, 2.05) is 24.9 Å². The number of nitrogens with one attached hydrogen (secondary N) is 1. The number of hydrogen-bond acceptors (Lipinski definition) is 4. The van der Waals surface area contributed by atoms with Gasteiger partial charge in [-0.15, -0.1) is 0 Å². The van der Waals surface area contributed by atoms with Gasteiger partial charge in [-0.25, -0.2) is 13.4 Å². The lowest BCUT2D eigenvalue weighted by Crippen LogP contribution is -2.37. The first-order chi connectivity index (χ1) is 8.02. The highest BCUT2D eigenvalue weighted by molar-refractivity contribution is 7.91. The number of aryl methyl sites for hydroxylation is 1. The lowest BCUT2D eigenvalue weighted by atomic mass is 9.96. The van der Waals surface area contributed by atoms with E-state index in [4.69, 9.17) is 0 Å². The minimum Gasteiger partial charge on any atom is -0.338 e. The topological polar surface area (TPSA) is 64.0 Å². The highest BCUT2D eigenvalue weighted by Gasteiger charge is 2.33. The first-order valence-corrected chi connectivity index (χ1v) is 7.68. The molecule has 1 aromatic heterocycles. The molecule has 1 saturated heterocycles. The SMILES string of the molecule is CNC(Cc1nccn1C)C1CCS(=O)(=O)C1. The van der Waals surface area contributed by atoms with E-state index in [-0.39, 0.29) is 12.0 Å². The molecule has 0 aromatic carbocycles. The van der Waals surface area contributed by atoms with Gasteiger partial charge in [-0.3, -0.25) is 0 Å². The third-order valence-electron chi connectivity index (χ3n) is 3.53. The Bertz CT molecular complexity index is 481. The van der Waals surface area contributed by atoms with E-state index >= 15 is 0 Å². The van der Waals surface area contributed by atoms with Crippen molar-refractivity contribution in [3.8, 4) is 0 Å². The zero-order valence-corrected chi connectivity index (χ0v) is 11.1. The first-order valence-electron chi connectivity index (χ1n) is 5.86. The molecule has 2 unspecified atom stereocenters. The maximum Gasteiger partial charge on any atom is 0.150 e. The smallest absolute Gasteiger partial charge is 0.150 e. The molecule has 1 N–H and O–H groups in total. The van der Waals surface area contributed by atoms with Crippen LogP contribution in [-0.4, -0.2) is 42.6 Å². The van der Waals surface area contributed by atoms with Gasteiger partial charge in [0.1, 0.15) is 5.82 Å². The summed E-state index contributed by atoms with van der Waals surface area (Å²) in [7, 11) is 1.04. The van der Waals surface area contributed by atoms with Gasteiger partial charge in [0.05, 0.1) is 11.5 Å². The molecule has 0 bridgehead atoms. The first kappa shape index (κ1) is 12.6. The van der Waals surface area contributed by atoms with Crippen LogP contribution in [0.4, 0.5) is 0 Å². The molecule has 0 saturated carbocycles. The molecule has 2 rings (SSSR count). The van der Waals surface area contributed by atoms with Crippen molar-refractivity contribution in [2.45, 2.75) is 18.9 Å². The number of hydrogen-bond donors (Lipinski definition) is 1. The molecular formula is C11H19N3O2S. The predicted molar refractivity (Wildman–Crippen MR) is 66.5 cm³/mol. The monoisotopic (exact) mass is 257 g/mol. The summed E-state index contributed by atoms with van der Waals surface area (Å²) in [4.78, 5) is 4.28. The van der Waals surface area contributed by atoms with Gasteiger partial charge in [0.25, 0.3) is 0 Å². The number of sulfone groups is 1. The van der Waals surface area contributed by atoms with Crippen LogP contribution in [0.1, 0.15) is 12.2 Å². The van der Waals surface area contributed by atoms with Crippen LogP contribution in [0.3, 0.4) is 0 Å². The maximum absolute atomic E-state index is 11.5. The van der Waals surface area contributed by atoms with Crippen molar-refractivity contribution in [1.29, 1.82) is 0 Å². The molecule has 96 valence electrons. The van der Waals surface area contributed by atoms with Crippen LogP contribution in [0.5, 0.6) is 0 Å². The van der Waals surface area contributed by atoms with Crippen molar-refractivity contribution in [2.24, 2.45) is 13.0 Å². The van der Waals surface area contributed by atoms with E-state index in [1.165, 1.54) is 0 Å². The summed E-state index contributed by atoms with van der Waals surface area (Å²) in [5, 5.41) is 3.23. The molecule has 5 nitrogen and oxygen atoms in total. The number of rotatable bonds is 4. The number of aromatic nitrogens is 2. The molecule has 0 spiro atoms. The lowest BCUT2D eigenvalue weighted by Gasteiger charge is -2.21. The Morgan fingerprint density at radius 1 is 1.65 bits per heavy atom. The minimum atomic E-state index is -2.81. The van der Waals surface area contributed by atoms with Gasteiger partial charge in [0.2, 0.25) is 0 Å². The van der Waals surface area contributed by atoms with Gasteiger partial charge in [0.15, 0.2) is 9.84 Å². The molecule has 2 atom stereocenters. The molecule has 1 aliphatic heterocycles. The van der Waals surface area contributed by atoms with Gasteiger partial charge < -0.3 is 9.88 Å². The normalized spacial score (nSPS) is 24.9. The fourth-order valence-corrected chi connectivity index (χ4v) is 4.32. The second-order valence-electron chi connectivity index (χ2n) is 4.72. The zero-order valence-electron chi connectivity index (χ0n) is 10.3. The van der Waals surface area contributed by atoms with Crippen LogP contribution in [-0.2, 0) is 23.3 Å². The lowest BCUT2D eigenvalue weighted by molar-refractivity contribution is 0.394. The molecule has 1 aromatic rings. The van der Waals surface area contributed by atoms with Crippen LogP contribution in [0.15, 0.2) is 12.4 Å². The van der Waals surface area contributed by atoms with E-state index in [0.29, 0.717) is 11.5 Å². The summed E-state index contributed by atoms with van der Waals surface area (Å²) in [5.41, 5.74) is 0. The summed E-state index contributed by atoms with van der Waals surface area (Å²) >= 11 is 0. The van der Waals surface area contributed by atoms with Crippen LogP contribution in [0.25, 0.3) is 0 Å². The summed E-state index contributed by atoms with van der Waals surface area (Å²) in [6, 6.07) is 0.188. The molecule has 0 amide bonds. The number of nitrogens with zero attached hydrogens (tertiary/aromatic N) is 2. The summed E-state index contributed by atoms with van der Waals surface area (Å²) in [6.07, 6.45) is 5.22. The van der Waals surface area contributed by atoms with E-state index in [1.54, 1.807) is 6.20 Å². The van der Waals surface area contributed by atoms with Crippen molar-refractivity contribution < 1.29 is 8.42 Å². The average Bonchev–Trinajstić information content (AvgIpc) is 2.82. The van der Waals surface area contributed by atoms with E-state index in [9.17, 15) is 8.42 Å². The summed E-state index contributed by atoms with van der Waals surface area (Å²) in [6.45, 7) is 0. The van der Waals surface area contributed by atoms with Crippen molar-refractivity contribution in [3.05, 3.63) is 18.2 Å². The highest BCUT2D eigenvalue weighted by Crippen LogP contribution is 2.23. The third kappa shape index (κ3) is 2.87. The number of imidazole rings is 1. The van der Waals surface area contributed by atoms with E-state index in [2.05, 4.69) is 10.3 Å². The molecule has 2 heterocycles.